The largest absolute Gasteiger partial charge is 0.392 e. The summed E-state index contributed by atoms with van der Waals surface area (Å²) in [5, 5.41) is 25.6. The first-order chi connectivity index (χ1) is 11.8. The third-order valence-corrected chi connectivity index (χ3v) is 3.08. The van der Waals surface area contributed by atoms with Crippen molar-refractivity contribution in [1.82, 2.24) is 0 Å². The summed E-state index contributed by atoms with van der Waals surface area (Å²) in [6.07, 6.45) is 0. The molecule has 0 atom stereocenters. The van der Waals surface area contributed by atoms with E-state index >= 15 is 0 Å². The summed E-state index contributed by atoms with van der Waals surface area (Å²) in [6.45, 7) is 0.419. The molecule has 3 N–H and O–H groups in total. The summed E-state index contributed by atoms with van der Waals surface area (Å²) < 4.78 is 0. The molecule has 0 unspecified atom stereocenters. The quantitative estimate of drug-likeness (QED) is 0.471. The standard InChI is InChI=1S/3C7H8O.CH3.Ti/c3*8-6-7-4-2-1-3-5-7;;/h3*1-5,8H,6H2;1H3;/q;;;-1;. The van der Waals surface area contributed by atoms with E-state index in [9.17, 15) is 0 Å². The molecule has 0 radical (unpaired) electrons. The van der Waals surface area contributed by atoms with Gasteiger partial charge in [0.05, 0.1) is 19.8 Å². The van der Waals surface area contributed by atoms with E-state index in [4.69, 9.17) is 15.3 Å². The Kier molecular flexibility index (Phi) is 18.4. The summed E-state index contributed by atoms with van der Waals surface area (Å²) >= 11 is 0. The Labute approximate surface area is 171 Å². The second-order valence-corrected chi connectivity index (χ2v) is 4.93. The average Bonchev–Trinajstić information content (AvgIpc) is 2.71. The van der Waals surface area contributed by atoms with Gasteiger partial charge in [-0.15, -0.1) is 0 Å². The maximum Gasteiger partial charge on any atom is 0.0681 e. The van der Waals surface area contributed by atoms with Gasteiger partial charge in [0.25, 0.3) is 0 Å². The van der Waals surface area contributed by atoms with Crippen LogP contribution in [0.15, 0.2) is 91.0 Å². The Morgan fingerprint density at radius 3 is 0.731 bits per heavy atom. The van der Waals surface area contributed by atoms with Gasteiger partial charge in [-0.25, -0.2) is 0 Å². The summed E-state index contributed by atoms with van der Waals surface area (Å²) in [4.78, 5) is 0. The van der Waals surface area contributed by atoms with Gasteiger partial charge < -0.3 is 22.7 Å². The van der Waals surface area contributed by atoms with Crippen molar-refractivity contribution in [3.63, 3.8) is 0 Å². The number of rotatable bonds is 3. The molecule has 0 aliphatic heterocycles. The average molecular weight is 387 g/mol. The molecule has 26 heavy (non-hydrogen) atoms. The molecule has 0 bridgehead atoms. The van der Waals surface area contributed by atoms with Gasteiger partial charge in [-0.3, -0.25) is 0 Å². The zero-order valence-electron chi connectivity index (χ0n) is 15.1. The van der Waals surface area contributed by atoms with Crippen molar-refractivity contribution in [3.05, 3.63) is 115 Å². The topological polar surface area (TPSA) is 60.7 Å². The monoisotopic (exact) mass is 387 g/mol. The van der Waals surface area contributed by atoms with Crippen LogP contribution in [-0.4, -0.2) is 15.3 Å². The normalized spacial score (nSPS) is 8.42. The zero-order valence-corrected chi connectivity index (χ0v) is 16.7. The fourth-order valence-corrected chi connectivity index (χ4v) is 1.75. The van der Waals surface area contributed by atoms with Gasteiger partial charge in [0.1, 0.15) is 0 Å². The molecule has 3 aromatic carbocycles. The predicted octanol–water partition coefficient (Wildman–Crippen LogP) is 3.98. The summed E-state index contributed by atoms with van der Waals surface area (Å²) in [6, 6.07) is 28.6. The van der Waals surface area contributed by atoms with E-state index in [0.29, 0.717) is 0 Å². The number of hydrogen-bond donors (Lipinski definition) is 3. The molecule has 3 nitrogen and oxygen atoms in total. The Morgan fingerprint density at radius 1 is 0.423 bits per heavy atom. The van der Waals surface area contributed by atoms with E-state index in [1.807, 2.05) is 91.0 Å². The van der Waals surface area contributed by atoms with Crippen molar-refractivity contribution in [2.45, 2.75) is 19.8 Å². The van der Waals surface area contributed by atoms with Crippen LogP contribution in [0.25, 0.3) is 0 Å². The van der Waals surface area contributed by atoms with Crippen molar-refractivity contribution >= 4 is 0 Å². The minimum absolute atomic E-state index is 0. The van der Waals surface area contributed by atoms with Crippen LogP contribution in [0.2, 0.25) is 0 Å². The van der Waals surface area contributed by atoms with E-state index < -0.39 is 0 Å². The molecule has 0 aliphatic rings. The number of aliphatic hydroxyl groups is 3. The van der Waals surface area contributed by atoms with Crippen molar-refractivity contribution in [3.8, 4) is 0 Å². The number of benzene rings is 3. The zero-order chi connectivity index (χ0) is 17.5. The van der Waals surface area contributed by atoms with Crippen LogP contribution in [0.3, 0.4) is 0 Å². The van der Waals surface area contributed by atoms with Crippen molar-refractivity contribution in [2.24, 2.45) is 0 Å². The van der Waals surface area contributed by atoms with Crippen LogP contribution in [0.1, 0.15) is 16.7 Å². The van der Waals surface area contributed by atoms with Gasteiger partial charge in [-0.05, 0) is 16.7 Å². The summed E-state index contributed by atoms with van der Waals surface area (Å²) in [7, 11) is 0. The van der Waals surface area contributed by atoms with Crippen molar-refractivity contribution < 1.29 is 37.0 Å². The molecule has 0 spiro atoms. The van der Waals surface area contributed by atoms with Crippen LogP contribution < -0.4 is 0 Å². The number of aliphatic hydroxyl groups excluding tert-OH is 3. The van der Waals surface area contributed by atoms with E-state index in [2.05, 4.69) is 0 Å². The van der Waals surface area contributed by atoms with Crippen LogP contribution in [0.5, 0.6) is 0 Å². The van der Waals surface area contributed by atoms with Gasteiger partial charge >= 0.3 is 0 Å². The second-order valence-electron chi connectivity index (χ2n) is 4.93. The fourth-order valence-electron chi connectivity index (χ4n) is 1.75. The van der Waals surface area contributed by atoms with E-state index in [1.54, 1.807) is 0 Å². The van der Waals surface area contributed by atoms with Gasteiger partial charge in [0, 0.05) is 21.7 Å². The molecular weight excluding hydrogens is 360 g/mol. The third-order valence-electron chi connectivity index (χ3n) is 3.08. The van der Waals surface area contributed by atoms with Gasteiger partial charge in [-0.2, -0.15) is 0 Å². The van der Waals surface area contributed by atoms with Gasteiger partial charge in [0.2, 0.25) is 0 Å². The Bertz CT molecular complexity index is 537. The van der Waals surface area contributed by atoms with Crippen molar-refractivity contribution in [2.75, 3.05) is 0 Å². The maximum absolute atomic E-state index is 8.54. The molecule has 4 heteroatoms. The second kappa shape index (κ2) is 18.1. The van der Waals surface area contributed by atoms with Crippen LogP contribution >= 0.6 is 0 Å². The van der Waals surface area contributed by atoms with E-state index in [0.717, 1.165) is 16.7 Å². The first kappa shape index (κ1) is 26.5. The van der Waals surface area contributed by atoms with E-state index in [-0.39, 0.29) is 49.0 Å². The molecule has 0 saturated carbocycles. The fraction of sp³-hybridized carbons (Fsp3) is 0.136. The summed E-state index contributed by atoms with van der Waals surface area (Å²) in [5.41, 5.74) is 2.90. The Hall–Kier alpha value is -1.75. The van der Waals surface area contributed by atoms with Crippen LogP contribution in [-0.2, 0) is 41.5 Å². The molecule has 3 aromatic rings. The minimum atomic E-state index is 0. The maximum atomic E-state index is 8.54. The van der Waals surface area contributed by atoms with Crippen LogP contribution in [0, 0.1) is 7.43 Å². The van der Waals surface area contributed by atoms with Crippen LogP contribution in [0.4, 0.5) is 0 Å². The SMILES string of the molecule is OCc1ccccc1.OCc1ccccc1.OCc1ccccc1.[CH3-].[Ti]. The molecule has 0 aliphatic carbocycles. The Morgan fingerprint density at radius 2 is 0.615 bits per heavy atom. The molecule has 3 rings (SSSR count). The van der Waals surface area contributed by atoms with Gasteiger partial charge in [-0.1, -0.05) is 91.0 Å². The Balaban J connectivity index is 0. The summed E-state index contributed by atoms with van der Waals surface area (Å²) in [5.74, 6) is 0. The number of hydrogen-bond acceptors (Lipinski definition) is 3. The molecule has 0 aromatic heterocycles. The smallest absolute Gasteiger partial charge is 0.0681 e. The molecular formula is C22H27O3Ti-. The molecule has 0 amide bonds. The molecule has 0 fully saturated rings. The van der Waals surface area contributed by atoms with E-state index in [1.165, 1.54) is 0 Å². The third kappa shape index (κ3) is 12.6. The first-order valence-electron chi connectivity index (χ1n) is 7.74. The van der Waals surface area contributed by atoms with Crippen molar-refractivity contribution in [1.29, 1.82) is 0 Å². The molecule has 138 valence electrons. The molecule has 0 heterocycles. The van der Waals surface area contributed by atoms with Gasteiger partial charge in [0.15, 0.2) is 0 Å². The minimum Gasteiger partial charge on any atom is -0.392 e. The first-order valence-corrected chi connectivity index (χ1v) is 7.74. The predicted molar refractivity (Wildman–Crippen MR) is 104 cm³/mol. The molecule has 0 saturated heterocycles.